The quantitative estimate of drug-likeness (QED) is 0.485. The van der Waals surface area contributed by atoms with Gasteiger partial charge in [0.1, 0.15) is 12.0 Å². The van der Waals surface area contributed by atoms with E-state index in [9.17, 15) is 9.59 Å². The number of esters is 1. The highest BCUT2D eigenvalue weighted by Gasteiger charge is 2.34. The number of ketones is 1. The summed E-state index contributed by atoms with van der Waals surface area (Å²) in [5.74, 6) is -1.25. The van der Waals surface area contributed by atoms with Gasteiger partial charge in [0.15, 0.2) is 5.78 Å². The smallest absolute Gasteiger partial charge is 0.316 e. The van der Waals surface area contributed by atoms with Crippen molar-refractivity contribution in [2.45, 2.75) is 46.1 Å². The fourth-order valence-corrected chi connectivity index (χ4v) is 1.84. The van der Waals surface area contributed by atoms with Crippen molar-refractivity contribution < 1.29 is 19.1 Å². The van der Waals surface area contributed by atoms with Gasteiger partial charge in [-0.05, 0) is 12.3 Å². The highest BCUT2D eigenvalue weighted by Crippen LogP contribution is 2.18. The molecule has 0 saturated heterocycles. The Kier molecular flexibility index (Phi) is 7.79. The summed E-state index contributed by atoms with van der Waals surface area (Å²) in [5.41, 5.74) is 0. The Bertz CT molecular complexity index is 248. The first kappa shape index (κ1) is 16.1. The van der Waals surface area contributed by atoms with E-state index in [2.05, 4.69) is 4.74 Å². The molecule has 0 heterocycles. The van der Waals surface area contributed by atoms with Crippen LogP contribution in [0.1, 0.15) is 40.0 Å². The molecule has 0 aliphatic carbocycles. The Balaban J connectivity index is 4.77. The first-order valence-corrected chi connectivity index (χ1v) is 6.13. The number of unbranched alkanes of at least 4 members (excludes halogenated alkanes) is 1. The van der Waals surface area contributed by atoms with Crippen LogP contribution in [0.15, 0.2) is 0 Å². The molecule has 0 amide bonds. The Hall–Kier alpha value is -0.900. The summed E-state index contributed by atoms with van der Waals surface area (Å²) in [6, 6.07) is 0. The highest BCUT2D eigenvalue weighted by atomic mass is 16.5. The highest BCUT2D eigenvalue weighted by molar-refractivity contribution is 6.01. The van der Waals surface area contributed by atoms with Crippen LogP contribution in [0.4, 0.5) is 0 Å². The number of carbonyl (C=O) groups excluding carboxylic acids is 2. The number of hydrogen-bond acceptors (Lipinski definition) is 4. The maximum absolute atomic E-state index is 12.2. The van der Waals surface area contributed by atoms with Crippen molar-refractivity contribution in [2.75, 3.05) is 14.2 Å². The van der Waals surface area contributed by atoms with Gasteiger partial charge in [-0.15, -0.1) is 0 Å². The van der Waals surface area contributed by atoms with E-state index in [0.717, 1.165) is 12.8 Å². The SMILES string of the molecule is CCCCC(C(=O)OC)C(=O)C(OC)C(C)C. The number of ether oxygens (including phenoxy) is 2. The van der Waals surface area contributed by atoms with Crippen LogP contribution in [-0.4, -0.2) is 32.1 Å². The van der Waals surface area contributed by atoms with Crippen LogP contribution in [0.25, 0.3) is 0 Å². The van der Waals surface area contributed by atoms with Gasteiger partial charge in [-0.1, -0.05) is 33.6 Å². The Labute approximate surface area is 104 Å². The Morgan fingerprint density at radius 1 is 1.18 bits per heavy atom. The van der Waals surface area contributed by atoms with Crippen LogP contribution in [0, 0.1) is 11.8 Å². The maximum atomic E-state index is 12.2. The standard InChI is InChI=1S/C13H24O4/c1-6-7-8-10(13(15)17-5)11(14)12(16-4)9(2)3/h9-10,12H,6-8H2,1-5H3. The van der Waals surface area contributed by atoms with E-state index in [4.69, 9.17) is 4.74 Å². The Morgan fingerprint density at radius 3 is 2.12 bits per heavy atom. The van der Waals surface area contributed by atoms with Crippen molar-refractivity contribution in [3.05, 3.63) is 0 Å². The topological polar surface area (TPSA) is 52.6 Å². The molecular weight excluding hydrogens is 220 g/mol. The van der Waals surface area contributed by atoms with E-state index in [1.54, 1.807) is 0 Å². The monoisotopic (exact) mass is 244 g/mol. The van der Waals surface area contributed by atoms with Crippen molar-refractivity contribution in [2.24, 2.45) is 11.8 Å². The Morgan fingerprint density at radius 2 is 1.76 bits per heavy atom. The van der Waals surface area contributed by atoms with Gasteiger partial charge in [0, 0.05) is 7.11 Å². The molecule has 2 atom stereocenters. The van der Waals surface area contributed by atoms with E-state index in [0.29, 0.717) is 6.42 Å². The molecule has 0 N–H and O–H groups in total. The molecular formula is C13H24O4. The van der Waals surface area contributed by atoms with Crippen LogP contribution >= 0.6 is 0 Å². The molecule has 0 bridgehead atoms. The molecule has 0 saturated carbocycles. The summed E-state index contributed by atoms with van der Waals surface area (Å²) in [4.78, 5) is 23.8. The fraction of sp³-hybridized carbons (Fsp3) is 0.846. The summed E-state index contributed by atoms with van der Waals surface area (Å²) < 4.78 is 9.86. The zero-order chi connectivity index (χ0) is 13.4. The lowest BCUT2D eigenvalue weighted by Gasteiger charge is -2.22. The van der Waals surface area contributed by atoms with E-state index < -0.39 is 18.0 Å². The molecule has 0 spiro atoms. The molecule has 100 valence electrons. The van der Waals surface area contributed by atoms with Gasteiger partial charge in [-0.25, -0.2) is 0 Å². The van der Waals surface area contributed by atoms with E-state index in [1.807, 2.05) is 20.8 Å². The summed E-state index contributed by atoms with van der Waals surface area (Å²) in [6.07, 6.45) is 1.78. The zero-order valence-corrected chi connectivity index (χ0v) is 11.5. The van der Waals surface area contributed by atoms with Crippen molar-refractivity contribution in [1.29, 1.82) is 0 Å². The molecule has 4 nitrogen and oxygen atoms in total. The molecule has 2 unspecified atom stereocenters. The van der Waals surface area contributed by atoms with Gasteiger partial charge >= 0.3 is 5.97 Å². The maximum Gasteiger partial charge on any atom is 0.316 e. The minimum Gasteiger partial charge on any atom is -0.468 e. The third-order valence-electron chi connectivity index (χ3n) is 2.82. The van der Waals surface area contributed by atoms with Crippen LogP contribution in [0.2, 0.25) is 0 Å². The van der Waals surface area contributed by atoms with Crippen molar-refractivity contribution in [3.63, 3.8) is 0 Å². The van der Waals surface area contributed by atoms with E-state index in [-0.39, 0.29) is 11.7 Å². The van der Waals surface area contributed by atoms with Crippen molar-refractivity contribution >= 4 is 11.8 Å². The lowest BCUT2D eigenvalue weighted by atomic mass is 9.89. The van der Waals surface area contributed by atoms with E-state index >= 15 is 0 Å². The fourth-order valence-electron chi connectivity index (χ4n) is 1.84. The van der Waals surface area contributed by atoms with Gasteiger partial charge in [0.2, 0.25) is 0 Å². The largest absolute Gasteiger partial charge is 0.468 e. The van der Waals surface area contributed by atoms with Gasteiger partial charge in [-0.2, -0.15) is 0 Å². The molecule has 0 fully saturated rings. The summed E-state index contributed by atoms with van der Waals surface area (Å²) >= 11 is 0. The molecule has 4 heteroatoms. The van der Waals surface area contributed by atoms with Gasteiger partial charge in [0.05, 0.1) is 7.11 Å². The second-order valence-electron chi connectivity index (χ2n) is 4.52. The first-order chi connectivity index (χ1) is 7.99. The van der Waals surface area contributed by atoms with Crippen LogP contribution in [-0.2, 0) is 19.1 Å². The molecule has 0 radical (unpaired) electrons. The second-order valence-corrected chi connectivity index (χ2v) is 4.52. The molecule has 0 aliphatic rings. The minimum atomic E-state index is -0.688. The van der Waals surface area contributed by atoms with Crippen molar-refractivity contribution in [3.8, 4) is 0 Å². The molecule has 17 heavy (non-hydrogen) atoms. The number of carbonyl (C=O) groups is 2. The normalized spacial score (nSPS) is 14.5. The second kappa shape index (κ2) is 8.23. The molecule has 0 aromatic heterocycles. The summed E-state index contributed by atoms with van der Waals surface area (Å²) in [5, 5.41) is 0. The minimum absolute atomic E-state index is 0.0567. The third-order valence-corrected chi connectivity index (χ3v) is 2.82. The zero-order valence-electron chi connectivity index (χ0n) is 11.5. The number of methoxy groups -OCH3 is 2. The van der Waals surface area contributed by atoms with Gasteiger partial charge in [-0.3, -0.25) is 9.59 Å². The molecule has 0 aliphatic heterocycles. The van der Waals surface area contributed by atoms with E-state index in [1.165, 1.54) is 14.2 Å². The van der Waals surface area contributed by atoms with Crippen LogP contribution < -0.4 is 0 Å². The molecule has 0 rings (SSSR count). The van der Waals surface area contributed by atoms with Gasteiger partial charge in [0.25, 0.3) is 0 Å². The number of hydrogen-bond donors (Lipinski definition) is 0. The summed E-state index contributed by atoms with van der Waals surface area (Å²) in [6.45, 7) is 5.83. The van der Waals surface area contributed by atoms with Gasteiger partial charge < -0.3 is 9.47 Å². The number of rotatable bonds is 8. The number of Topliss-reactive ketones (excluding diaryl/α,β-unsaturated/α-hetero) is 1. The average molecular weight is 244 g/mol. The van der Waals surface area contributed by atoms with Crippen molar-refractivity contribution in [1.82, 2.24) is 0 Å². The lowest BCUT2D eigenvalue weighted by Crippen LogP contribution is -2.38. The molecule has 0 aromatic carbocycles. The van der Waals surface area contributed by atoms with Crippen LogP contribution in [0.3, 0.4) is 0 Å². The summed E-state index contributed by atoms with van der Waals surface area (Å²) in [7, 11) is 2.81. The third kappa shape index (κ3) is 4.86. The predicted molar refractivity (Wildman–Crippen MR) is 65.7 cm³/mol. The lowest BCUT2D eigenvalue weighted by molar-refractivity contribution is -0.153. The predicted octanol–water partition coefficient (Wildman–Crippen LogP) is 2.21. The average Bonchev–Trinajstić information content (AvgIpc) is 2.29. The molecule has 0 aromatic rings. The first-order valence-electron chi connectivity index (χ1n) is 6.13. The van der Waals surface area contributed by atoms with Crippen LogP contribution in [0.5, 0.6) is 0 Å².